The van der Waals surface area contributed by atoms with Crippen LogP contribution in [0, 0.1) is 0 Å². The quantitative estimate of drug-likeness (QED) is 0.901. The molecule has 18 heavy (non-hydrogen) atoms. The molecule has 0 saturated carbocycles. The van der Waals surface area contributed by atoms with Crippen LogP contribution < -0.4 is 15.0 Å². The maximum Gasteiger partial charge on any atom is 0.298 e. The third-order valence-electron chi connectivity index (χ3n) is 3.02. The van der Waals surface area contributed by atoms with Gasteiger partial charge in [-0.05, 0) is 6.07 Å². The summed E-state index contributed by atoms with van der Waals surface area (Å²) in [5.74, 6) is 0.617. The maximum atomic E-state index is 6.01. The first-order chi connectivity index (χ1) is 8.78. The topological polar surface area (TPSA) is 50.5 Å². The van der Waals surface area contributed by atoms with Gasteiger partial charge >= 0.3 is 0 Å². The fraction of sp³-hybridized carbons (Fsp3) is 0.417. The predicted octanol–water partition coefficient (Wildman–Crippen LogP) is 1.90. The number of hydrogen-bond donors (Lipinski definition) is 1. The molecule has 0 unspecified atom stereocenters. The lowest BCUT2D eigenvalue weighted by Crippen LogP contribution is -2.43. The molecule has 2 aromatic rings. The number of aromatic nitrogens is 1. The molecule has 0 amide bonds. The van der Waals surface area contributed by atoms with Crippen LogP contribution in [-0.2, 0) is 0 Å². The number of anilines is 1. The van der Waals surface area contributed by atoms with Gasteiger partial charge in [-0.25, -0.2) is 0 Å². The zero-order valence-corrected chi connectivity index (χ0v) is 10.8. The lowest BCUT2D eigenvalue weighted by Gasteiger charge is -2.25. The van der Waals surface area contributed by atoms with Crippen molar-refractivity contribution in [2.45, 2.75) is 0 Å². The largest absolute Gasteiger partial charge is 0.493 e. The van der Waals surface area contributed by atoms with Gasteiger partial charge in [-0.1, -0.05) is 11.6 Å². The minimum Gasteiger partial charge on any atom is -0.493 e. The van der Waals surface area contributed by atoms with Crippen LogP contribution in [0.4, 0.5) is 6.01 Å². The Morgan fingerprint density at radius 2 is 2.17 bits per heavy atom. The molecule has 0 radical (unpaired) electrons. The second-order valence-corrected chi connectivity index (χ2v) is 4.63. The molecule has 5 nitrogen and oxygen atoms in total. The molecule has 2 heterocycles. The van der Waals surface area contributed by atoms with Crippen LogP contribution in [0.15, 0.2) is 16.5 Å². The van der Waals surface area contributed by atoms with Crippen molar-refractivity contribution in [2.75, 3.05) is 38.2 Å². The van der Waals surface area contributed by atoms with Gasteiger partial charge in [0.15, 0.2) is 11.3 Å². The Labute approximate surface area is 110 Å². The van der Waals surface area contributed by atoms with Gasteiger partial charge in [-0.3, -0.25) is 0 Å². The predicted molar refractivity (Wildman–Crippen MR) is 70.7 cm³/mol. The number of piperazine rings is 1. The monoisotopic (exact) mass is 267 g/mol. The first-order valence-corrected chi connectivity index (χ1v) is 6.25. The zero-order chi connectivity index (χ0) is 12.5. The molecule has 6 heteroatoms. The van der Waals surface area contributed by atoms with E-state index in [0.29, 0.717) is 22.4 Å². The van der Waals surface area contributed by atoms with Crippen LogP contribution >= 0.6 is 11.6 Å². The van der Waals surface area contributed by atoms with Crippen molar-refractivity contribution < 1.29 is 9.15 Å². The van der Waals surface area contributed by atoms with Gasteiger partial charge in [-0.15, -0.1) is 0 Å². The van der Waals surface area contributed by atoms with Crippen LogP contribution in [0.2, 0.25) is 5.02 Å². The minimum atomic E-state index is 0.597. The summed E-state index contributed by atoms with van der Waals surface area (Å²) < 4.78 is 11.0. The third kappa shape index (κ3) is 2.00. The van der Waals surface area contributed by atoms with Crippen molar-refractivity contribution >= 4 is 28.7 Å². The fourth-order valence-electron chi connectivity index (χ4n) is 2.10. The Morgan fingerprint density at radius 1 is 1.39 bits per heavy atom. The van der Waals surface area contributed by atoms with Gasteiger partial charge < -0.3 is 19.4 Å². The lowest BCUT2D eigenvalue weighted by molar-refractivity contribution is 0.409. The highest BCUT2D eigenvalue weighted by atomic mass is 35.5. The van der Waals surface area contributed by atoms with Crippen molar-refractivity contribution in [3.05, 3.63) is 17.2 Å². The molecule has 1 N–H and O–H groups in total. The Hall–Kier alpha value is -1.46. The Morgan fingerprint density at radius 3 is 2.89 bits per heavy atom. The molecule has 1 aromatic carbocycles. The number of halogens is 1. The maximum absolute atomic E-state index is 6.01. The highest BCUT2D eigenvalue weighted by Crippen LogP contribution is 2.32. The van der Waals surface area contributed by atoms with Crippen molar-refractivity contribution in [2.24, 2.45) is 0 Å². The molecule has 0 atom stereocenters. The summed E-state index contributed by atoms with van der Waals surface area (Å²) in [6.45, 7) is 3.67. The van der Waals surface area contributed by atoms with E-state index in [0.717, 1.165) is 31.7 Å². The minimum absolute atomic E-state index is 0.597. The second-order valence-electron chi connectivity index (χ2n) is 4.19. The number of fused-ring (bicyclic) bond motifs is 1. The first kappa shape index (κ1) is 11.6. The van der Waals surface area contributed by atoms with Gasteiger partial charge in [0.1, 0.15) is 5.52 Å². The SMILES string of the molecule is COc1cc(Cl)cc2nc(N3CCNCC3)oc12. The first-order valence-electron chi connectivity index (χ1n) is 5.87. The summed E-state index contributed by atoms with van der Waals surface area (Å²) in [7, 11) is 1.60. The average molecular weight is 268 g/mol. The van der Waals surface area contributed by atoms with Gasteiger partial charge in [-0.2, -0.15) is 4.98 Å². The number of benzene rings is 1. The van der Waals surface area contributed by atoms with Crippen molar-refractivity contribution in [3.8, 4) is 5.75 Å². The molecule has 3 rings (SSSR count). The van der Waals surface area contributed by atoms with Crippen LogP contribution in [0.3, 0.4) is 0 Å². The highest BCUT2D eigenvalue weighted by Gasteiger charge is 2.18. The fourth-order valence-corrected chi connectivity index (χ4v) is 2.30. The van der Waals surface area contributed by atoms with Crippen molar-refractivity contribution in [1.82, 2.24) is 10.3 Å². The molecular weight excluding hydrogens is 254 g/mol. The molecule has 0 bridgehead atoms. The molecular formula is C12H14ClN3O2. The molecule has 1 aromatic heterocycles. The summed E-state index contributed by atoms with van der Waals surface area (Å²) >= 11 is 6.01. The number of hydrogen-bond acceptors (Lipinski definition) is 5. The van der Waals surface area contributed by atoms with E-state index < -0.39 is 0 Å². The van der Waals surface area contributed by atoms with E-state index in [1.807, 2.05) is 0 Å². The van der Waals surface area contributed by atoms with Crippen LogP contribution in [0.1, 0.15) is 0 Å². The number of oxazole rings is 1. The van der Waals surface area contributed by atoms with Gasteiger partial charge in [0.05, 0.1) is 7.11 Å². The Bertz CT molecular complexity index is 564. The molecule has 1 fully saturated rings. The number of methoxy groups -OCH3 is 1. The van der Waals surface area contributed by atoms with E-state index in [9.17, 15) is 0 Å². The second kappa shape index (κ2) is 4.66. The molecule has 0 aliphatic carbocycles. The molecule has 0 spiro atoms. The summed E-state index contributed by atoms with van der Waals surface area (Å²) in [4.78, 5) is 6.59. The van der Waals surface area contributed by atoms with Gasteiger partial charge in [0.25, 0.3) is 6.01 Å². The van der Waals surface area contributed by atoms with Gasteiger partial charge in [0, 0.05) is 37.3 Å². The van der Waals surface area contributed by atoms with E-state index in [2.05, 4.69) is 15.2 Å². The molecule has 1 aliphatic rings. The van der Waals surface area contributed by atoms with Gasteiger partial charge in [0.2, 0.25) is 0 Å². The van der Waals surface area contributed by atoms with E-state index in [-0.39, 0.29) is 0 Å². The van der Waals surface area contributed by atoms with Crippen LogP contribution in [-0.4, -0.2) is 38.3 Å². The number of nitrogens with one attached hydrogen (secondary N) is 1. The van der Waals surface area contributed by atoms with E-state index >= 15 is 0 Å². The number of nitrogens with zero attached hydrogens (tertiary/aromatic N) is 2. The molecule has 96 valence electrons. The highest BCUT2D eigenvalue weighted by molar-refractivity contribution is 6.31. The summed E-state index contributed by atoms with van der Waals surface area (Å²) in [6.07, 6.45) is 0. The molecule has 1 aliphatic heterocycles. The van der Waals surface area contributed by atoms with Crippen LogP contribution in [0.25, 0.3) is 11.1 Å². The normalized spacial score (nSPS) is 16.2. The number of ether oxygens (including phenoxy) is 1. The van der Waals surface area contributed by atoms with Crippen LogP contribution in [0.5, 0.6) is 5.75 Å². The number of rotatable bonds is 2. The standard InChI is InChI=1S/C12H14ClN3O2/c1-17-10-7-8(13)6-9-11(10)18-12(15-9)16-4-2-14-3-5-16/h6-7,14H,2-5H2,1H3. The van der Waals surface area contributed by atoms with E-state index in [1.165, 1.54) is 0 Å². The summed E-state index contributed by atoms with van der Waals surface area (Å²) in [6, 6.07) is 4.15. The molecule has 1 saturated heterocycles. The lowest BCUT2D eigenvalue weighted by atomic mass is 10.3. The van der Waals surface area contributed by atoms with E-state index in [4.69, 9.17) is 20.8 Å². The average Bonchev–Trinajstić information content (AvgIpc) is 2.82. The smallest absolute Gasteiger partial charge is 0.298 e. The van der Waals surface area contributed by atoms with Crippen molar-refractivity contribution in [3.63, 3.8) is 0 Å². The van der Waals surface area contributed by atoms with E-state index in [1.54, 1.807) is 19.2 Å². The Balaban J connectivity index is 2.04. The van der Waals surface area contributed by atoms with Crippen molar-refractivity contribution in [1.29, 1.82) is 0 Å². The third-order valence-corrected chi connectivity index (χ3v) is 3.24. The Kier molecular flexibility index (Phi) is 3.01. The summed E-state index contributed by atoms with van der Waals surface area (Å²) in [5, 5.41) is 3.89. The zero-order valence-electron chi connectivity index (χ0n) is 10.1. The summed E-state index contributed by atoms with van der Waals surface area (Å²) in [5.41, 5.74) is 1.38.